The number of aliphatic hydroxyl groups is 1. The van der Waals surface area contributed by atoms with E-state index in [0.29, 0.717) is 19.3 Å². The molecule has 9 heteroatoms. The molecule has 60 heavy (non-hydrogen) atoms. The fourth-order valence-corrected chi connectivity index (χ4v) is 7.83. The first kappa shape index (κ1) is 57.6. The number of esters is 1. The molecule has 4 N–H and O–H groups in total. The highest BCUT2D eigenvalue weighted by Gasteiger charge is 2.19. The number of carboxylic acids is 1. The van der Waals surface area contributed by atoms with Crippen molar-refractivity contribution in [3.05, 3.63) is 12.2 Å². The van der Waals surface area contributed by atoms with Crippen molar-refractivity contribution in [3.8, 4) is 0 Å². The molecule has 0 fully saturated rings. The van der Waals surface area contributed by atoms with Gasteiger partial charge in [0.1, 0.15) is 12.1 Å². The lowest BCUT2D eigenvalue weighted by Crippen LogP contribution is -2.47. The Bertz CT molecular complexity index is 1020. The maximum atomic E-state index is 12.9. The van der Waals surface area contributed by atoms with Crippen molar-refractivity contribution in [1.82, 2.24) is 10.6 Å². The van der Waals surface area contributed by atoms with Gasteiger partial charge in [0.05, 0.1) is 13.2 Å². The van der Waals surface area contributed by atoms with Crippen molar-refractivity contribution in [3.63, 3.8) is 0 Å². The summed E-state index contributed by atoms with van der Waals surface area (Å²) in [6.45, 7) is 3.51. The number of carbonyl (C=O) groups is 4. The number of rotatable bonds is 47. The predicted octanol–water partition coefficient (Wildman–Crippen LogP) is 13.4. The lowest BCUT2D eigenvalue weighted by molar-refractivity contribution is -0.150. The number of hydrogen-bond donors (Lipinski definition) is 4. The van der Waals surface area contributed by atoms with E-state index in [4.69, 9.17) is 14.9 Å². The third kappa shape index (κ3) is 42.3. The Balaban J connectivity index is 4.24. The summed E-state index contributed by atoms with van der Waals surface area (Å²) in [7, 11) is 0. The summed E-state index contributed by atoms with van der Waals surface area (Å²) in [5.41, 5.74) is 0. The Kier molecular flexibility index (Phi) is 44.2. The molecule has 0 aromatic heterocycles. The third-order valence-corrected chi connectivity index (χ3v) is 11.8. The Morgan fingerprint density at radius 3 is 1.25 bits per heavy atom. The zero-order chi connectivity index (χ0) is 44.0. The van der Waals surface area contributed by atoms with Crippen LogP contribution < -0.4 is 10.6 Å². The Hall–Kier alpha value is -2.42. The first-order valence-electron chi connectivity index (χ1n) is 25.6. The molecule has 0 aliphatic carbocycles. The van der Waals surface area contributed by atoms with Gasteiger partial charge in [-0.15, -0.1) is 0 Å². The van der Waals surface area contributed by atoms with Crippen LogP contribution in [0.5, 0.6) is 0 Å². The highest BCUT2D eigenvalue weighted by Crippen LogP contribution is 2.19. The fourth-order valence-electron chi connectivity index (χ4n) is 7.83. The van der Waals surface area contributed by atoms with Crippen molar-refractivity contribution in [2.45, 2.75) is 276 Å². The molecule has 2 unspecified atom stereocenters. The molecule has 2 amide bonds. The molecule has 0 saturated heterocycles. The van der Waals surface area contributed by atoms with Gasteiger partial charge in [-0.05, 0) is 64.2 Å². The number of nitrogens with one attached hydrogen (secondary N) is 2. The number of carboxylic acid groups (broad SMARTS) is 1. The Morgan fingerprint density at radius 2 is 0.850 bits per heavy atom. The van der Waals surface area contributed by atoms with E-state index in [-0.39, 0.29) is 24.5 Å². The maximum absolute atomic E-state index is 12.9. The van der Waals surface area contributed by atoms with Crippen LogP contribution in [-0.2, 0) is 23.9 Å². The number of carbonyl (C=O) groups excluding carboxylic acids is 3. The van der Waals surface area contributed by atoms with E-state index in [1.165, 1.54) is 173 Å². The minimum atomic E-state index is -1.38. The lowest BCUT2D eigenvalue weighted by Gasteiger charge is -2.18. The minimum Gasteiger partial charge on any atom is -0.480 e. The van der Waals surface area contributed by atoms with Gasteiger partial charge in [-0.25, -0.2) is 4.79 Å². The van der Waals surface area contributed by atoms with Crippen LogP contribution in [-0.4, -0.2) is 59.3 Å². The molecule has 2 atom stereocenters. The molecule has 9 nitrogen and oxygen atoms in total. The Labute approximate surface area is 369 Å². The highest BCUT2D eigenvalue weighted by atomic mass is 16.5. The average molecular weight is 849 g/mol. The van der Waals surface area contributed by atoms with Crippen molar-refractivity contribution in [2.24, 2.45) is 0 Å². The lowest BCUT2D eigenvalue weighted by atomic mass is 10.0. The topological polar surface area (TPSA) is 142 Å². The molecule has 0 aromatic carbocycles. The average Bonchev–Trinajstić information content (AvgIpc) is 3.23. The quantitative estimate of drug-likeness (QED) is 0.0271. The zero-order valence-electron chi connectivity index (χ0n) is 39.2. The summed E-state index contributed by atoms with van der Waals surface area (Å²) in [6.07, 6.45) is 51.0. The highest BCUT2D eigenvalue weighted by molar-refractivity contribution is 5.87. The van der Waals surface area contributed by atoms with E-state index in [1.54, 1.807) is 0 Å². The van der Waals surface area contributed by atoms with E-state index in [0.717, 1.165) is 57.8 Å². The first-order chi connectivity index (χ1) is 29.3. The second kappa shape index (κ2) is 46.1. The van der Waals surface area contributed by atoms with E-state index in [1.807, 2.05) is 0 Å². The van der Waals surface area contributed by atoms with Crippen LogP contribution in [0.4, 0.5) is 0 Å². The molecule has 0 spiro atoms. The molecule has 0 radical (unpaired) electrons. The van der Waals surface area contributed by atoms with Gasteiger partial charge >= 0.3 is 11.9 Å². The van der Waals surface area contributed by atoms with Crippen molar-refractivity contribution in [1.29, 1.82) is 0 Å². The van der Waals surface area contributed by atoms with E-state index >= 15 is 0 Å². The second-order valence-electron chi connectivity index (χ2n) is 17.6. The minimum absolute atomic E-state index is 0.00972. The summed E-state index contributed by atoms with van der Waals surface area (Å²) in [4.78, 5) is 47.8. The van der Waals surface area contributed by atoms with Gasteiger partial charge in [0.2, 0.25) is 11.8 Å². The van der Waals surface area contributed by atoms with Crippen LogP contribution in [0.15, 0.2) is 12.2 Å². The molecule has 0 saturated carbocycles. The van der Waals surface area contributed by atoms with Crippen LogP contribution in [0.3, 0.4) is 0 Å². The van der Waals surface area contributed by atoms with Gasteiger partial charge in [0.15, 0.2) is 0 Å². The molecule has 0 aromatic rings. The standard InChI is InChI=1S/C51H96N2O7/c1-3-5-7-9-11-13-15-17-18-19-20-21-22-24-26-28-30-35-39-43-50(57)60-46(40-36-32-29-27-25-23-16-14-12-10-8-6-4-2)41-37-33-31-34-38-42-48(55)52-44-49(56)53-47(45-54)51(58)59/h17-18,46-47,54H,3-16,19-45H2,1-2H3,(H,52,55)(H,53,56)(H,58,59)/b18-17-. The van der Waals surface area contributed by atoms with Crippen LogP contribution in [0.2, 0.25) is 0 Å². The zero-order valence-corrected chi connectivity index (χ0v) is 39.2. The maximum Gasteiger partial charge on any atom is 0.328 e. The van der Waals surface area contributed by atoms with Gasteiger partial charge in [0, 0.05) is 12.8 Å². The summed E-state index contributed by atoms with van der Waals surface area (Å²) < 4.78 is 6.07. The second-order valence-corrected chi connectivity index (χ2v) is 17.6. The van der Waals surface area contributed by atoms with E-state index in [2.05, 4.69) is 36.6 Å². The van der Waals surface area contributed by atoms with E-state index < -0.39 is 24.5 Å². The smallest absolute Gasteiger partial charge is 0.328 e. The molecule has 0 aliphatic heterocycles. The van der Waals surface area contributed by atoms with Crippen LogP contribution in [0.25, 0.3) is 0 Å². The Morgan fingerprint density at radius 1 is 0.483 bits per heavy atom. The summed E-state index contributed by atoms with van der Waals surface area (Å²) in [6, 6.07) is -1.38. The SMILES string of the molecule is CCCCCCCC/C=C\CCCCCCCCCCCC(=O)OC(CCCCCCCCCCCCCCC)CCCCCCCC(=O)NCC(=O)NC(CO)C(=O)O. The number of amides is 2. The van der Waals surface area contributed by atoms with Crippen LogP contribution >= 0.6 is 0 Å². The molecule has 0 rings (SSSR count). The summed E-state index contributed by atoms with van der Waals surface area (Å²) in [5.74, 6) is -2.27. The molecule has 0 bridgehead atoms. The van der Waals surface area contributed by atoms with E-state index in [9.17, 15) is 19.2 Å². The molecule has 0 aliphatic rings. The number of aliphatic carboxylic acids is 1. The number of allylic oxidation sites excluding steroid dienone is 2. The summed E-state index contributed by atoms with van der Waals surface area (Å²) >= 11 is 0. The van der Waals surface area contributed by atoms with Gasteiger partial charge in [-0.2, -0.15) is 0 Å². The van der Waals surface area contributed by atoms with Crippen LogP contribution in [0, 0.1) is 0 Å². The summed E-state index contributed by atoms with van der Waals surface area (Å²) in [5, 5.41) is 22.6. The number of hydrogen-bond acceptors (Lipinski definition) is 6. The molecular formula is C51H96N2O7. The van der Waals surface area contributed by atoms with Gasteiger partial charge in [-0.3, -0.25) is 14.4 Å². The number of unbranched alkanes of at least 4 members (excludes halogenated alkanes) is 31. The van der Waals surface area contributed by atoms with Crippen molar-refractivity contribution < 1.29 is 34.1 Å². The monoisotopic (exact) mass is 849 g/mol. The van der Waals surface area contributed by atoms with Crippen molar-refractivity contribution in [2.75, 3.05) is 13.2 Å². The molecule has 0 heterocycles. The molecular weight excluding hydrogens is 753 g/mol. The molecule has 352 valence electrons. The van der Waals surface area contributed by atoms with Crippen LogP contribution in [0.1, 0.15) is 264 Å². The largest absolute Gasteiger partial charge is 0.480 e. The number of aliphatic hydroxyl groups excluding tert-OH is 1. The van der Waals surface area contributed by atoms with Gasteiger partial charge in [0.25, 0.3) is 0 Å². The predicted molar refractivity (Wildman–Crippen MR) is 250 cm³/mol. The first-order valence-corrected chi connectivity index (χ1v) is 25.6. The third-order valence-electron chi connectivity index (χ3n) is 11.8. The fraction of sp³-hybridized carbons (Fsp3) is 0.882. The van der Waals surface area contributed by atoms with Gasteiger partial charge < -0.3 is 25.6 Å². The van der Waals surface area contributed by atoms with Crippen molar-refractivity contribution >= 4 is 23.8 Å². The van der Waals surface area contributed by atoms with Gasteiger partial charge in [-0.1, -0.05) is 199 Å². The number of ether oxygens (including phenoxy) is 1. The normalized spacial score (nSPS) is 12.4.